The van der Waals surface area contributed by atoms with Gasteiger partial charge in [-0.1, -0.05) is 124 Å². The van der Waals surface area contributed by atoms with Crippen LogP contribution in [0.2, 0.25) is 0 Å². The molecule has 0 amide bonds. The Labute approximate surface area is 246 Å². The lowest BCUT2D eigenvalue weighted by Crippen LogP contribution is -2.15. The largest absolute Gasteiger partial charge is 0.278 e. The fourth-order valence-electron chi connectivity index (χ4n) is 6.96. The van der Waals surface area contributed by atoms with Crippen LogP contribution in [-0.4, -0.2) is 14.5 Å². The van der Waals surface area contributed by atoms with Crippen molar-refractivity contribution in [3.8, 4) is 39.6 Å². The Kier molecular flexibility index (Phi) is 5.45. The van der Waals surface area contributed by atoms with Crippen LogP contribution < -0.4 is 0 Å². The van der Waals surface area contributed by atoms with Gasteiger partial charge < -0.3 is 0 Å². The molecule has 1 aliphatic carbocycles. The molecule has 0 fully saturated rings. The number of hydrogen-bond acceptors (Lipinski definition) is 2. The second-order valence-corrected chi connectivity index (χ2v) is 11.7. The second kappa shape index (κ2) is 9.25. The molecule has 3 heteroatoms. The molecule has 0 bridgehead atoms. The first-order valence-electron chi connectivity index (χ1n) is 14.8. The minimum Gasteiger partial charge on any atom is -0.278 e. The van der Waals surface area contributed by atoms with Gasteiger partial charge in [-0.05, 0) is 46.9 Å². The van der Waals surface area contributed by atoms with Crippen molar-refractivity contribution >= 4 is 21.8 Å². The van der Waals surface area contributed by atoms with Crippen LogP contribution >= 0.6 is 0 Å². The van der Waals surface area contributed by atoms with Gasteiger partial charge in [0.1, 0.15) is 0 Å². The monoisotopic (exact) mass is 541 g/mol. The van der Waals surface area contributed by atoms with Crippen molar-refractivity contribution in [3.05, 3.63) is 138 Å². The molecule has 0 aliphatic heterocycles. The van der Waals surface area contributed by atoms with Crippen LogP contribution in [0, 0.1) is 0 Å². The third kappa shape index (κ3) is 3.53. The van der Waals surface area contributed by atoms with Gasteiger partial charge in [0, 0.05) is 32.9 Å². The Morgan fingerprint density at radius 3 is 1.83 bits per heavy atom. The predicted octanol–water partition coefficient (Wildman–Crippen LogP) is 9.78. The number of aromatic nitrogens is 3. The van der Waals surface area contributed by atoms with Gasteiger partial charge in [0.2, 0.25) is 5.95 Å². The molecule has 0 spiro atoms. The van der Waals surface area contributed by atoms with E-state index in [0.717, 1.165) is 45.5 Å². The highest BCUT2D eigenvalue weighted by molar-refractivity contribution is 6.11. The van der Waals surface area contributed by atoms with E-state index in [0.29, 0.717) is 5.95 Å². The van der Waals surface area contributed by atoms with Gasteiger partial charge in [0.05, 0.1) is 22.4 Å². The van der Waals surface area contributed by atoms with Crippen molar-refractivity contribution in [3.63, 3.8) is 0 Å². The first-order valence-corrected chi connectivity index (χ1v) is 14.8. The smallest absolute Gasteiger partial charge is 0.235 e. The quantitative estimate of drug-likeness (QED) is 0.222. The van der Waals surface area contributed by atoms with E-state index < -0.39 is 0 Å². The maximum atomic E-state index is 5.36. The van der Waals surface area contributed by atoms with Crippen molar-refractivity contribution in [2.24, 2.45) is 0 Å². The van der Waals surface area contributed by atoms with E-state index in [1.165, 1.54) is 33.0 Å². The average Bonchev–Trinajstić information content (AvgIpc) is 3.48. The first-order chi connectivity index (χ1) is 20.6. The zero-order chi connectivity index (χ0) is 28.4. The van der Waals surface area contributed by atoms with Crippen LogP contribution in [-0.2, 0) is 11.8 Å². The Bertz CT molecular complexity index is 2080. The lowest BCUT2D eigenvalue weighted by atomic mass is 9.82. The molecule has 0 saturated heterocycles. The summed E-state index contributed by atoms with van der Waals surface area (Å²) in [5, 5.41) is 2.44. The summed E-state index contributed by atoms with van der Waals surface area (Å²) in [7, 11) is 0. The highest BCUT2D eigenvalue weighted by Gasteiger charge is 2.36. The summed E-state index contributed by atoms with van der Waals surface area (Å²) < 4.78 is 2.28. The topological polar surface area (TPSA) is 30.7 Å². The molecule has 0 radical (unpaired) electrons. The van der Waals surface area contributed by atoms with Crippen LogP contribution in [0.1, 0.15) is 37.5 Å². The first kappa shape index (κ1) is 24.8. The van der Waals surface area contributed by atoms with Gasteiger partial charge in [-0.25, -0.2) is 9.97 Å². The predicted molar refractivity (Wildman–Crippen MR) is 174 cm³/mol. The van der Waals surface area contributed by atoms with Crippen molar-refractivity contribution in [1.29, 1.82) is 0 Å². The molecule has 1 aliphatic rings. The summed E-state index contributed by atoms with van der Waals surface area (Å²) in [4.78, 5) is 10.7. The lowest BCUT2D eigenvalue weighted by molar-refractivity contribution is 0.661. The summed E-state index contributed by atoms with van der Waals surface area (Å²) in [6.07, 6.45) is 0.835. The van der Waals surface area contributed by atoms with E-state index in [-0.39, 0.29) is 5.41 Å². The van der Waals surface area contributed by atoms with Gasteiger partial charge in [-0.3, -0.25) is 4.57 Å². The lowest BCUT2D eigenvalue weighted by Gasteiger charge is -2.21. The molecule has 8 rings (SSSR count). The summed E-state index contributed by atoms with van der Waals surface area (Å²) >= 11 is 0. The third-order valence-electron chi connectivity index (χ3n) is 9.02. The van der Waals surface area contributed by atoms with Gasteiger partial charge >= 0.3 is 0 Å². The molecular weight excluding hydrogens is 510 g/mol. The molecule has 2 aromatic heterocycles. The molecule has 42 heavy (non-hydrogen) atoms. The fraction of sp³-hybridized carbons (Fsp3) is 0.128. The van der Waals surface area contributed by atoms with Crippen LogP contribution in [0.25, 0.3) is 61.4 Å². The number of nitrogens with zero attached hydrogens (tertiary/aromatic N) is 3. The van der Waals surface area contributed by atoms with E-state index in [2.05, 4.69) is 147 Å². The van der Waals surface area contributed by atoms with E-state index >= 15 is 0 Å². The zero-order valence-electron chi connectivity index (χ0n) is 24.1. The molecule has 5 aromatic carbocycles. The normalized spacial score (nSPS) is 13.4. The summed E-state index contributed by atoms with van der Waals surface area (Å²) in [6.45, 7) is 6.87. The average molecular weight is 542 g/mol. The number of benzene rings is 5. The third-order valence-corrected chi connectivity index (χ3v) is 9.02. The SMILES string of the molecule is CCc1c(-c2ccccc2)nc(-n2c3ccccc3c3cc4c(cc32)C(C)(C)c2ccccc2-4)nc1-c1ccccc1. The van der Waals surface area contributed by atoms with Crippen molar-refractivity contribution in [2.75, 3.05) is 0 Å². The molecule has 202 valence electrons. The number of hydrogen-bond donors (Lipinski definition) is 0. The van der Waals surface area contributed by atoms with Gasteiger partial charge in [-0.2, -0.15) is 0 Å². The minimum atomic E-state index is -0.0985. The minimum absolute atomic E-state index is 0.0985. The number of rotatable bonds is 4. The maximum absolute atomic E-state index is 5.36. The fourth-order valence-corrected chi connectivity index (χ4v) is 6.96. The van der Waals surface area contributed by atoms with Crippen molar-refractivity contribution in [2.45, 2.75) is 32.6 Å². The number of fused-ring (bicyclic) bond motifs is 6. The molecular formula is C39H31N3. The van der Waals surface area contributed by atoms with Crippen molar-refractivity contribution < 1.29 is 0 Å². The van der Waals surface area contributed by atoms with Crippen molar-refractivity contribution in [1.82, 2.24) is 14.5 Å². The second-order valence-electron chi connectivity index (χ2n) is 11.7. The summed E-state index contributed by atoms with van der Waals surface area (Å²) in [5.74, 6) is 0.698. The Morgan fingerprint density at radius 1 is 0.571 bits per heavy atom. The Balaban J connectivity index is 1.49. The Hall–Kier alpha value is -5.02. The molecule has 0 saturated carbocycles. The number of para-hydroxylation sites is 1. The van der Waals surface area contributed by atoms with Gasteiger partial charge in [0.15, 0.2) is 0 Å². The highest BCUT2D eigenvalue weighted by atomic mass is 15.2. The Morgan fingerprint density at radius 2 is 1.17 bits per heavy atom. The molecule has 7 aromatic rings. The van der Waals surface area contributed by atoms with Crippen LogP contribution in [0.3, 0.4) is 0 Å². The maximum Gasteiger partial charge on any atom is 0.235 e. The molecule has 2 heterocycles. The van der Waals surface area contributed by atoms with Crippen LogP contribution in [0.5, 0.6) is 0 Å². The van der Waals surface area contributed by atoms with E-state index in [1.54, 1.807) is 0 Å². The van der Waals surface area contributed by atoms with E-state index in [1.807, 2.05) is 0 Å². The summed E-state index contributed by atoms with van der Waals surface area (Å²) in [6, 6.07) is 43.4. The van der Waals surface area contributed by atoms with Crippen LogP contribution in [0.15, 0.2) is 121 Å². The van der Waals surface area contributed by atoms with E-state index in [9.17, 15) is 0 Å². The molecule has 0 N–H and O–H groups in total. The van der Waals surface area contributed by atoms with E-state index in [4.69, 9.17) is 9.97 Å². The summed E-state index contributed by atoms with van der Waals surface area (Å²) in [5.41, 5.74) is 12.9. The highest BCUT2D eigenvalue weighted by Crippen LogP contribution is 2.51. The molecule has 0 unspecified atom stereocenters. The standard InChI is InChI=1S/C39H31N3/c1-4-27-36(25-15-7-5-8-16-25)40-38(41-37(27)26-17-9-6-10-18-26)42-34-22-14-12-20-29(34)31-23-30-28-19-11-13-21-32(28)39(2,3)33(30)24-35(31)42/h5-24H,4H2,1-3H3. The van der Waals surface area contributed by atoms with Gasteiger partial charge in [0.25, 0.3) is 0 Å². The van der Waals surface area contributed by atoms with Gasteiger partial charge in [-0.15, -0.1) is 0 Å². The zero-order valence-corrected chi connectivity index (χ0v) is 24.1. The van der Waals surface area contributed by atoms with Crippen LogP contribution in [0.4, 0.5) is 0 Å². The molecule has 0 atom stereocenters. The molecule has 3 nitrogen and oxygen atoms in total.